The molecule has 20 heavy (non-hydrogen) atoms. The summed E-state index contributed by atoms with van der Waals surface area (Å²) in [6.07, 6.45) is -1.53. The van der Waals surface area contributed by atoms with E-state index in [-0.39, 0.29) is 19.6 Å². The predicted molar refractivity (Wildman–Crippen MR) is 78.6 cm³/mol. The Morgan fingerprint density at radius 3 is 2.65 bits per heavy atom. The predicted octanol–water partition coefficient (Wildman–Crippen LogP) is 1.54. The summed E-state index contributed by atoms with van der Waals surface area (Å²) >= 11 is 6.60. The van der Waals surface area contributed by atoms with Crippen LogP contribution in [0.3, 0.4) is 0 Å². The first kappa shape index (κ1) is 16.9. The summed E-state index contributed by atoms with van der Waals surface area (Å²) in [5.41, 5.74) is 0. The van der Waals surface area contributed by atoms with Gasteiger partial charge in [0, 0.05) is 17.4 Å². The van der Waals surface area contributed by atoms with Crippen LogP contribution in [0.2, 0.25) is 0 Å². The Labute approximate surface area is 132 Å². The molecule has 1 rings (SSSR count). The highest BCUT2D eigenvalue weighted by atomic mass is 79.9. The van der Waals surface area contributed by atoms with Gasteiger partial charge in [-0.05, 0) is 34.1 Å². The number of benzene rings is 1. The summed E-state index contributed by atoms with van der Waals surface area (Å²) in [5.74, 6) is -1.18. The van der Waals surface area contributed by atoms with Gasteiger partial charge in [0.25, 0.3) is 5.91 Å². The highest BCUT2D eigenvalue weighted by Gasteiger charge is 2.13. The molecule has 110 valence electrons. The van der Waals surface area contributed by atoms with E-state index < -0.39 is 18.0 Å². The third-order valence-corrected chi connectivity index (χ3v) is 3.39. The van der Waals surface area contributed by atoms with E-state index in [1.165, 1.54) is 0 Å². The lowest BCUT2D eigenvalue weighted by Crippen LogP contribution is -2.33. The first-order chi connectivity index (χ1) is 9.40. The van der Waals surface area contributed by atoms with Gasteiger partial charge < -0.3 is 20.3 Å². The lowest BCUT2D eigenvalue weighted by Gasteiger charge is -2.10. The number of nitrogens with one attached hydrogen (secondary N) is 1. The van der Waals surface area contributed by atoms with Crippen LogP contribution in [0.25, 0.3) is 0 Å². The summed E-state index contributed by atoms with van der Waals surface area (Å²) in [5, 5.41) is 19.9. The quantitative estimate of drug-likeness (QED) is 0.633. The highest BCUT2D eigenvalue weighted by molar-refractivity contribution is 9.11. The SMILES string of the molecule is O=C(COc1ccc(Br)cc1Br)NCCC(O)C(=O)O. The minimum atomic E-state index is -1.48. The molecule has 0 saturated heterocycles. The number of aliphatic carboxylic acids is 1. The third kappa shape index (κ3) is 5.89. The molecule has 0 aliphatic carbocycles. The molecule has 1 unspecified atom stereocenters. The van der Waals surface area contributed by atoms with Crippen molar-refractivity contribution in [3.8, 4) is 5.75 Å². The van der Waals surface area contributed by atoms with E-state index >= 15 is 0 Å². The maximum absolute atomic E-state index is 11.5. The Kier molecular flexibility index (Phi) is 6.97. The van der Waals surface area contributed by atoms with E-state index in [4.69, 9.17) is 14.9 Å². The molecule has 8 heteroatoms. The van der Waals surface area contributed by atoms with Crippen molar-refractivity contribution in [2.24, 2.45) is 0 Å². The number of ether oxygens (including phenoxy) is 1. The fourth-order valence-corrected chi connectivity index (χ4v) is 2.42. The van der Waals surface area contributed by atoms with Crippen molar-refractivity contribution in [3.63, 3.8) is 0 Å². The second-order valence-electron chi connectivity index (χ2n) is 3.86. The maximum Gasteiger partial charge on any atom is 0.332 e. The molecule has 3 N–H and O–H groups in total. The lowest BCUT2D eigenvalue weighted by molar-refractivity contribution is -0.147. The summed E-state index contributed by atoms with van der Waals surface area (Å²) in [7, 11) is 0. The number of rotatable bonds is 7. The molecule has 0 fully saturated rings. The van der Waals surface area contributed by atoms with Crippen molar-refractivity contribution in [1.29, 1.82) is 0 Å². The van der Waals surface area contributed by atoms with Crippen LogP contribution in [0.4, 0.5) is 0 Å². The van der Waals surface area contributed by atoms with Gasteiger partial charge in [-0.2, -0.15) is 0 Å². The summed E-state index contributed by atoms with van der Waals surface area (Å²) < 4.78 is 6.89. The third-order valence-electron chi connectivity index (χ3n) is 2.28. The van der Waals surface area contributed by atoms with Gasteiger partial charge in [0.1, 0.15) is 5.75 Å². The average molecular weight is 411 g/mol. The van der Waals surface area contributed by atoms with Gasteiger partial charge in [-0.3, -0.25) is 4.79 Å². The number of hydrogen-bond acceptors (Lipinski definition) is 4. The number of aliphatic hydroxyl groups is 1. The van der Waals surface area contributed by atoms with Crippen molar-refractivity contribution in [2.45, 2.75) is 12.5 Å². The van der Waals surface area contributed by atoms with E-state index in [0.29, 0.717) is 10.2 Å². The summed E-state index contributed by atoms with van der Waals surface area (Å²) in [4.78, 5) is 21.8. The molecule has 1 aromatic carbocycles. The van der Waals surface area contributed by atoms with Crippen LogP contribution in [0.15, 0.2) is 27.1 Å². The lowest BCUT2D eigenvalue weighted by atomic mass is 10.2. The Bertz CT molecular complexity index is 495. The fraction of sp³-hybridized carbons (Fsp3) is 0.333. The zero-order valence-electron chi connectivity index (χ0n) is 10.3. The monoisotopic (exact) mass is 409 g/mol. The molecule has 0 bridgehead atoms. The minimum absolute atomic E-state index is 0.0525. The molecular weight excluding hydrogens is 398 g/mol. The molecule has 6 nitrogen and oxygen atoms in total. The molecule has 0 aliphatic rings. The Morgan fingerprint density at radius 1 is 1.35 bits per heavy atom. The van der Waals surface area contributed by atoms with Gasteiger partial charge in [-0.15, -0.1) is 0 Å². The van der Waals surface area contributed by atoms with Crippen LogP contribution in [0.5, 0.6) is 5.75 Å². The molecule has 0 spiro atoms. The first-order valence-electron chi connectivity index (χ1n) is 5.65. The van der Waals surface area contributed by atoms with E-state index in [1.807, 2.05) is 0 Å². The number of carbonyl (C=O) groups is 2. The second kappa shape index (κ2) is 8.23. The van der Waals surface area contributed by atoms with Gasteiger partial charge in [0.2, 0.25) is 0 Å². The smallest absolute Gasteiger partial charge is 0.332 e. The largest absolute Gasteiger partial charge is 0.483 e. The number of halogens is 2. The van der Waals surface area contributed by atoms with Crippen LogP contribution in [-0.2, 0) is 9.59 Å². The Hall–Kier alpha value is -1.12. The van der Waals surface area contributed by atoms with Crippen LogP contribution >= 0.6 is 31.9 Å². The number of carbonyl (C=O) groups excluding carboxylic acids is 1. The number of hydrogen-bond donors (Lipinski definition) is 3. The summed E-state index contributed by atoms with van der Waals surface area (Å²) in [6.45, 7) is -0.124. The maximum atomic E-state index is 11.5. The van der Waals surface area contributed by atoms with E-state index in [9.17, 15) is 9.59 Å². The minimum Gasteiger partial charge on any atom is -0.483 e. The summed E-state index contributed by atoms with van der Waals surface area (Å²) in [6, 6.07) is 5.27. The topological polar surface area (TPSA) is 95.9 Å². The zero-order valence-corrected chi connectivity index (χ0v) is 13.5. The molecule has 0 saturated carbocycles. The van der Waals surface area contributed by atoms with E-state index in [2.05, 4.69) is 37.2 Å². The van der Waals surface area contributed by atoms with Crippen LogP contribution < -0.4 is 10.1 Å². The van der Waals surface area contributed by atoms with Crippen LogP contribution in [0.1, 0.15) is 6.42 Å². The average Bonchev–Trinajstić information content (AvgIpc) is 2.37. The van der Waals surface area contributed by atoms with Gasteiger partial charge in [0.15, 0.2) is 12.7 Å². The molecule has 0 radical (unpaired) electrons. The normalized spacial score (nSPS) is 11.8. The fourth-order valence-electron chi connectivity index (χ4n) is 1.26. The number of carboxylic acids is 1. The number of carboxylic acid groups (broad SMARTS) is 1. The highest BCUT2D eigenvalue weighted by Crippen LogP contribution is 2.27. The van der Waals surface area contributed by atoms with Crippen molar-refractivity contribution in [1.82, 2.24) is 5.32 Å². The van der Waals surface area contributed by atoms with Crippen molar-refractivity contribution in [3.05, 3.63) is 27.1 Å². The molecule has 1 amide bonds. The van der Waals surface area contributed by atoms with Gasteiger partial charge >= 0.3 is 5.97 Å². The van der Waals surface area contributed by atoms with Gasteiger partial charge in [-0.1, -0.05) is 15.9 Å². The zero-order chi connectivity index (χ0) is 15.1. The van der Waals surface area contributed by atoms with Gasteiger partial charge in [-0.25, -0.2) is 4.79 Å². The Morgan fingerprint density at radius 2 is 2.05 bits per heavy atom. The first-order valence-corrected chi connectivity index (χ1v) is 7.24. The number of aliphatic hydroxyl groups excluding tert-OH is 1. The molecule has 1 aromatic rings. The van der Waals surface area contributed by atoms with Crippen LogP contribution in [-0.4, -0.2) is 41.3 Å². The molecule has 0 aliphatic heterocycles. The Balaban J connectivity index is 2.31. The molecule has 0 heterocycles. The molecule has 1 atom stereocenters. The van der Waals surface area contributed by atoms with E-state index in [0.717, 1.165) is 4.47 Å². The van der Waals surface area contributed by atoms with Crippen molar-refractivity contribution >= 4 is 43.7 Å². The number of amides is 1. The second-order valence-corrected chi connectivity index (χ2v) is 5.63. The van der Waals surface area contributed by atoms with Crippen molar-refractivity contribution in [2.75, 3.05) is 13.2 Å². The van der Waals surface area contributed by atoms with Crippen molar-refractivity contribution < 1.29 is 24.5 Å². The van der Waals surface area contributed by atoms with Crippen LogP contribution in [0, 0.1) is 0 Å². The van der Waals surface area contributed by atoms with Gasteiger partial charge in [0.05, 0.1) is 4.47 Å². The van der Waals surface area contributed by atoms with E-state index in [1.54, 1.807) is 18.2 Å². The molecular formula is C12H13Br2NO5. The molecule has 0 aromatic heterocycles. The standard InChI is InChI=1S/C12H13Br2NO5/c13-7-1-2-10(8(14)5-7)20-6-11(17)15-4-3-9(16)12(18)19/h1-2,5,9,16H,3-4,6H2,(H,15,17)(H,18,19).